The highest BCUT2D eigenvalue weighted by molar-refractivity contribution is 7.10. The fourth-order valence-electron chi connectivity index (χ4n) is 2.74. The maximum atomic E-state index is 5.67. The van der Waals surface area contributed by atoms with E-state index in [2.05, 4.69) is 44.6 Å². The molecule has 0 aliphatic carbocycles. The Balaban J connectivity index is 1.62. The number of H-pyrrole nitrogens is 1. The van der Waals surface area contributed by atoms with Gasteiger partial charge in [-0.05, 0) is 18.4 Å². The number of morpholine rings is 1. The first kappa shape index (κ1) is 14.7. The molecule has 0 amide bonds. The molecule has 0 radical (unpaired) electrons. The average Bonchev–Trinajstić information content (AvgIpc) is 3.17. The number of hydrogen-bond donors (Lipinski definition) is 2. The Morgan fingerprint density at radius 1 is 1.62 bits per heavy atom. The number of nitrogens with zero attached hydrogens (tertiary/aromatic N) is 2. The van der Waals surface area contributed by atoms with Gasteiger partial charge in [0.2, 0.25) is 0 Å². The lowest BCUT2D eigenvalue weighted by molar-refractivity contribution is -0.0339. The lowest BCUT2D eigenvalue weighted by Crippen LogP contribution is -2.45. The minimum absolute atomic E-state index is 0.311. The van der Waals surface area contributed by atoms with Crippen LogP contribution in [0.3, 0.4) is 0 Å². The van der Waals surface area contributed by atoms with E-state index in [-0.39, 0.29) is 0 Å². The van der Waals surface area contributed by atoms with Crippen molar-refractivity contribution >= 4 is 11.3 Å². The van der Waals surface area contributed by atoms with Crippen molar-refractivity contribution in [2.24, 2.45) is 0 Å². The van der Waals surface area contributed by atoms with Crippen molar-refractivity contribution in [1.29, 1.82) is 0 Å². The summed E-state index contributed by atoms with van der Waals surface area (Å²) in [6.07, 6.45) is 3.96. The molecule has 1 saturated heterocycles. The molecule has 1 aliphatic heterocycles. The van der Waals surface area contributed by atoms with E-state index in [1.165, 1.54) is 4.88 Å². The van der Waals surface area contributed by atoms with Gasteiger partial charge in [-0.25, -0.2) is 4.98 Å². The van der Waals surface area contributed by atoms with Crippen LogP contribution < -0.4 is 5.32 Å². The summed E-state index contributed by atoms with van der Waals surface area (Å²) in [7, 11) is 0. The standard InChI is InChI=1S/C15H22N4OS/c1-12-11-19(6-7-20-12)13(14-3-2-8-21-14)9-16-10-15-17-4-5-18-15/h2-5,8,12-13,16H,6-7,9-11H2,1H3,(H,17,18)/t12-,13-/m0/s1. The molecule has 5 nitrogen and oxygen atoms in total. The number of thiophene rings is 1. The van der Waals surface area contributed by atoms with E-state index >= 15 is 0 Å². The molecular weight excluding hydrogens is 284 g/mol. The summed E-state index contributed by atoms with van der Waals surface area (Å²) < 4.78 is 5.67. The van der Waals surface area contributed by atoms with Gasteiger partial charge in [0.25, 0.3) is 0 Å². The van der Waals surface area contributed by atoms with Crippen molar-refractivity contribution in [3.05, 3.63) is 40.6 Å². The van der Waals surface area contributed by atoms with E-state index < -0.39 is 0 Å². The van der Waals surface area contributed by atoms with Gasteiger partial charge in [-0.1, -0.05) is 6.07 Å². The number of rotatable bonds is 6. The third-order valence-corrected chi connectivity index (χ3v) is 4.74. The van der Waals surface area contributed by atoms with Crippen LogP contribution in [0, 0.1) is 0 Å². The first-order valence-electron chi connectivity index (χ1n) is 7.41. The second kappa shape index (κ2) is 7.17. The van der Waals surface area contributed by atoms with Crippen molar-refractivity contribution in [3.63, 3.8) is 0 Å². The van der Waals surface area contributed by atoms with Gasteiger partial charge in [-0.2, -0.15) is 0 Å². The lowest BCUT2D eigenvalue weighted by atomic mass is 10.1. The summed E-state index contributed by atoms with van der Waals surface area (Å²) in [5.74, 6) is 0.982. The highest BCUT2D eigenvalue weighted by Crippen LogP contribution is 2.26. The SMILES string of the molecule is C[C@H]1CN([C@@H](CNCc2ncc[nH]2)c2cccs2)CCO1. The smallest absolute Gasteiger partial charge is 0.120 e. The maximum absolute atomic E-state index is 5.67. The van der Waals surface area contributed by atoms with Crippen LogP contribution in [0.1, 0.15) is 23.7 Å². The van der Waals surface area contributed by atoms with E-state index in [9.17, 15) is 0 Å². The zero-order valence-corrected chi connectivity index (χ0v) is 13.1. The van der Waals surface area contributed by atoms with Gasteiger partial charge in [0.1, 0.15) is 5.82 Å². The molecule has 2 aromatic heterocycles. The molecule has 3 heterocycles. The Labute approximate surface area is 129 Å². The summed E-state index contributed by atoms with van der Waals surface area (Å²) in [6, 6.07) is 4.76. The van der Waals surface area contributed by atoms with Crippen LogP contribution >= 0.6 is 11.3 Å². The normalized spacial score (nSPS) is 21.5. The Morgan fingerprint density at radius 2 is 2.57 bits per heavy atom. The first-order valence-corrected chi connectivity index (χ1v) is 8.29. The Morgan fingerprint density at radius 3 is 3.29 bits per heavy atom. The van der Waals surface area contributed by atoms with Crippen LogP contribution in [-0.2, 0) is 11.3 Å². The predicted octanol–water partition coefficient (Wildman–Crippen LogP) is 2.02. The molecule has 3 rings (SSSR count). The van der Waals surface area contributed by atoms with Crippen LogP contribution in [-0.4, -0.2) is 47.2 Å². The molecule has 1 fully saturated rings. The van der Waals surface area contributed by atoms with Gasteiger partial charge < -0.3 is 15.0 Å². The number of aromatic amines is 1. The van der Waals surface area contributed by atoms with Gasteiger partial charge in [0.15, 0.2) is 0 Å². The second-order valence-electron chi connectivity index (χ2n) is 5.37. The first-order chi connectivity index (χ1) is 10.3. The van der Waals surface area contributed by atoms with Crippen molar-refractivity contribution < 1.29 is 4.74 Å². The number of nitrogens with one attached hydrogen (secondary N) is 2. The van der Waals surface area contributed by atoms with Crippen molar-refractivity contribution in [2.75, 3.05) is 26.2 Å². The van der Waals surface area contributed by atoms with Gasteiger partial charge in [-0.3, -0.25) is 4.90 Å². The highest BCUT2D eigenvalue weighted by atomic mass is 32.1. The van der Waals surface area contributed by atoms with E-state index in [1.807, 2.05) is 17.5 Å². The summed E-state index contributed by atoms with van der Waals surface area (Å²) >= 11 is 1.83. The van der Waals surface area contributed by atoms with E-state index in [0.29, 0.717) is 12.1 Å². The predicted molar refractivity (Wildman–Crippen MR) is 84.3 cm³/mol. The van der Waals surface area contributed by atoms with Crippen molar-refractivity contribution in [2.45, 2.75) is 25.6 Å². The summed E-state index contributed by atoms with van der Waals surface area (Å²) in [5, 5.41) is 5.67. The third kappa shape index (κ3) is 3.91. The molecule has 0 spiro atoms. The van der Waals surface area contributed by atoms with Crippen LogP contribution in [0.4, 0.5) is 0 Å². The molecule has 114 valence electrons. The maximum Gasteiger partial charge on any atom is 0.120 e. The van der Waals surface area contributed by atoms with E-state index in [4.69, 9.17) is 4.74 Å². The number of imidazole rings is 1. The van der Waals surface area contributed by atoms with Gasteiger partial charge in [0.05, 0.1) is 25.3 Å². The number of aromatic nitrogens is 2. The van der Waals surface area contributed by atoms with Gasteiger partial charge in [0, 0.05) is 36.9 Å². The minimum atomic E-state index is 0.311. The van der Waals surface area contributed by atoms with E-state index in [0.717, 1.165) is 38.6 Å². The fraction of sp³-hybridized carbons (Fsp3) is 0.533. The third-order valence-electron chi connectivity index (χ3n) is 3.77. The van der Waals surface area contributed by atoms with Crippen molar-refractivity contribution in [1.82, 2.24) is 20.2 Å². The van der Waals surface area contributed by atoms with Crippen molar-refractivity contribution in [3.8, 4) is 0 Å². The van der Waals surface area contributed by atoms with E-state index in [1.54, 1.807) is 6.20 Å². The number of ether oxygens (including phenoxy) is 1. The van der Waals surface area contributed by atoms with Gasteiger partial charge >= 0.3 is 0 Å². The molecule has 0 saturated carbocycles. The number of hydrogen-bond acceptors (Lipinski definition) is 5. The molecule has 2 aromatic rings. The summed E-state index contributed by atoms with van der Waals surface area (Å²) in [6.45, 7) is 6.65. The lowest BCUT2D eigenvalue weighted by Gasteiger charge is -2.37. The topological polar surface area (TPSA) is 53.2 Å². The van der Waals surface area contributed by atoms with Crippen LogP contribution in [0.25, 0.3) is 0 Å². The van der Waals surface area contributed by atoms with Crippen LogP contribution in [0.5, 0.6) is 0 Å². The largest absolute Gasteiger partial charge is 0.376 e. The molecule has 2 atom stereocenters. The van der Waals surface area contributed by atoms with Crippen LogP contribution in [0.2, 0.25) is 0 Å². The zero-order valence-electron chi connectivity index (χ0n) is 12.3. The molecule has 0 aromatic carbocycles. The quantitative estimate of drug-likeness (QED) is 0.857. The molecule has 0 unspecified atom stereocenters. The molecule has 1 aliphatic rings. The Hall–Kier alpha value is -1.21. The summed E-state index contributed by atoms with van der Waals surface area (Å²) in [4.78, 5) is 11.3. The second-order valence-corrected chi connectivity index (χ2v) is 6.35. The molecular formula is C15H22N4OS. The Kier molecular flexibility index (Phi) is 5.03. The molecule has 2 N–H and O–H groups in total. The molecule has 0 bridgehead atoms. The average molecular weight is 306 g/mol. The minimum Gasteiger partial charge on any atom is -0.376 e. The summed E-state index contributed by atoms with van der Waals surface area (Å²) in [5.41, 5.74) is 0. The monoisotopic (exact) mass is 306 g/mol. The van der Waals surface area contributed by atoms with Crippen LogP contribution in [0.15, 0.2) is 29.9 Å². The zero-order chi connectivity index (χ0) is 14.5. The molecule has 6 heteroatoms. The molecule has 21 heavy (non-hydrogen) atoms. The Bertz CT molecular complexity index is 514. The van der Waals surface area contributed by atoms with Gasteiger partial charge in [-0.15, -0.1) is 11.3 Å². The highest BCUT2D eigenvalue weighted by Gasteiger charge is 2.25. The fourth-order valence-corrected chi connectivity index (χ4v) is 3.60.